The van der Waals surface area contributed by atoms with Crippen molar-refractivity contribution in [3.63, 3.8) is 0 Å². The molecular weight excluding hydrogens is 330 g/mol. The molecule has 0 unspecified atom stereocenters. The van der Waals surface area contributed by atoms with E-state index in [-0.39, 0.29) is 13.2 Å². The first-order valence-electron chi connectivity index (χ1n) is 7.56. The van der Waals surface area contributed by atoms with Crippen LogP contribution in [-0.4, -0.2) is 29.6 Å². The zero-order valence-corrected chi connectivity index (χ0v) is 14.2. The van der Waals surface area contributed by atoms with Crippen molar-refractivity contribution in [3.8, 4) is 5.75 Å². The standard InChI is InChI=1S/C17H17NO5S/c1-10-3-5-12(6-4-10)22-9-14-18-11(2)15(24-14)17(20)23-13-7-8-21-16(13)19/h3-6,13H,7-9H2,1-2H3/t13-/m1/s1. The number of hydrogen-bond acceptors (Lipinski definition) is 7. The van der Waals surface area contributed by atoms with E-state index in [0.717, 1.165) is 11.3 Å². The van der Waals surface area contributed by atoms with Crippen LogP contribution in [-0.2, 0) is 20.9 Å². The van der Waals surface area contributed by atoms with E-state index in [4.69, 9.17) is 14.2 Å². The highest BCUT2D eigenvalue weighted by Crippen LogP contribution is 2.23. The van der Waals surface area contributed by atoms with E-state index >= 15 is 0 Å². The van der Waals surface area contributed by atoms with Crippen molar-refractivity contribution in [2.24, 2.45) is 0 Å². The fraction of sp³-hybridized carbons (Fsp3) is 0.353. The van der Waals surface area contributed by atoms with Crippen molar-refractivity contribution in [1.82, 2.24) is 4.98 Å². The van der Waals surface area contributed by atoms with Gasteiger partial charge in [-0.25, -0.2) is 14.6 Å². The lowest BCUT2D eigenvalue weighted by molar-refractivity contribution is -0.145. The molecule has 0 aliphatic carbocycles. The molecule has 1 aliphatic heterocycles. The van der Waals surface area contributed by atoms with Crippen molar-refractivity contribution >= 4 is 23.3 Å². The van der Waals surface area contributed by atoms with Crippen molar-refractivity contribution in [2.45, 2.75) is 33.0 Å². The van der Waals surface area contributed by atoms with Gasteiger partial charge in [-0.2, -0.15) is 0 Å². The van der Waals surface area contributed by atoms with Gasteiger partial charge in [0.05, 0.1) is 12.3 Å². The quantitative estimate of drug-likeness (QED) is 0.774. The molecule has 0 N–H and O–H groups in total. The lowest BCUT2D eigenvalue weighted by atomic mass is 10.2. The van der Waals surface area contributed by atoms with Gasteiger partial charge in [0.25, 0.3) is 0 Å². The van der Waals surface area contributed by atoms with Gasteiger partial charge in [0, 0.05) is 6.42 Å². The molecule has 1 aliphatic rings. The molecule has 0 saturated carbocycles. The summed E-state index contributed by atoms with van der Waals surface area (Å²) in [7, 11) is 0. The number of nitrogens with zero attached hydrogens (tertiary/aromatic N) is 1. The third-order valence-electron chi connectivity index (χ3n) is 3.55. The van der Waals surface area contributed by atoms with Crippen LogP contribution in [0.5, 0.6) is 5.75 Å². The summed E-state index contributed by atoms with van der Waals surface area (Å²) >= 11 is 1.21. The Labute approximate surface area is 143 Å². The molecule has 0 bridgehead atoms. The number of thiazole rings is 1. The fourth-order valence-corrected chi connectivity index (χ4v) is 3.11. The van der Waals surface area contributed by atoms with Gasteiger partial charge in [-0.3, -0.25) is 0 Å². The molecule has 0 amide bonds. The molecule has 24 heavy (non-hydrogen) atoms. The summed E-state index contributed by atoms with van der Waals surface area (Å²) in [5, 5.41) is 0.675. The van der Waals surface area contributed by atoms with E-state index in [1.165, 1.54) is 11.3 Å². The number of aryl methyl sites for hydroxylation is 2. The summed E-state index contributed by atoms with van der Waals surface area (Å²) < 4.78 is 15.6. The summed E-state index contributed by atoms with van der Waals surface area (Å²) in [5.74, 6) is -0.296. The minimum absolute atomic E-state index is 0.271. The Morgan fingerprint density at radius 2 is 2.08 bits per heavy atom. The molecule has 1 aromatic heterocycles. The first-order chi connectivity index (χ1) is 11.5. The number of cyclic esters (lactones) is 1. The van der Waals surface area contributed by atoms with Gasteiger partial charge < -0.3 is 14.2 Å². The topological polar surface area (TPSA) is 74.7 Å². The molecule has 3 rings (SSSR count). The number of esters is 2. The largest absolute Gasteiger partial charge is 0.486 e. The number of benzene rings is 1. The predicted octanol–water partition coefficient (Wildman–Crippen LogP) is 2.81. The van der Waals surface area contributed by atoms with Crippen LogP contribution in [0.1, 0.15) is 32.4 Å². The van der Waals surface area contributed by atoms with Crippen molar-refractivity contribution in [3.05, 3.63) is 45.4 Å². The Kier molecular flexibility index (Phi) is 4.80. The molecule has 7 heteroatoms. The molecule has 0 spiro atoms. The first-order valence-corrected chi connectivity index (χ1v) is 8.38. The van der Waals surface area contributed by atoms with Gasteiger partial charge >= 0.3 is 11.9 Å². The molecule has 6 nitrogen and oxygen atoms in total. The predicted molar refractivity (Wildman–Crippen MR) is 87.1 cm³/mol. The van der Waals surface area contributed by atoms with E-state index in [9.17, 15) is 9.59 Å². The number of hydrogen-bond donors (Lipinski definition) is 0. The van der Waals surface area contributed by atoms with E-state index in [0.29, 0.717) is 22.0 Å². The maximum atomic E-state index is 12.2. The van der Waals surface area contributed by atoms with Crippen LogP contribution < -0.4 is 4.74 Å². The van der Waals surface area contributed by atoms with Gasteiger partial charge in [0.1, 0.15) is 22.2 Å². The van der Waals surface area contributed by atoms with Crippen molar-refractivity contribution in [1.29, 1.82) is 0 Å². The lowest BCUT2D eigenvalue weighted by Gasteiger charge is -2.06. The Balaban J connectivity index is 1.62. The molecule has 1 aromatic carbocycles. The molecule has 2 aromatic rings. The molecule has 2 heterocycles. The zero-order chi connectivity index (χ0) is 17.1. The Morgan fingerprint density at radius 3 is 2.75 bits per heavy atom. The molecule has 0 radical (unpaired) electrons. The molecule has 1 saturated heterocycles. The number of carbonyl (C=O) groups is 2. The van der Waals surface area contributed by atoms with Crippen LogP contribution in [0.3, 0.4) is 0 Å². The average Bonchev–Trinajstić information content (AvgIpc) is 3.13. The Bertz CT molecular complexity index is 753. The number of carbonyl (C=O) groups excluding carboxylic acids is 2. The van der Waals surface area contributed by atoms with E-state index in [2.05, 4.69) is 4.98 Å². The summed E-state index contributed by atoms with van der Waals surface area (Å²) in [6, 6.07) is 7.70. The second-order valence-electron chi connectivity index (χ2n) is 5.47. The van der Waals surface area contributed by atoms with E-state index in [1.807, 2.05) is 31.2 Å². The fourth-order valence-electron chi connectivity index (χ4n) is 2.25. The zero-order valence-electron chi connectivity index (χ0n) is 13.4. The highest BCUT2D eigenvalue weighted by molar-refractivity contribution is 7.13. The average molecular weight is 347 g/mol. The highest BCUT2D eigenvalue weighted by atomic mass is 32.1. The van der Waals surface area contributed by atoms with Crippen LogP contribution in [0.25, 0.3) is 0 Å². The maximum Gasteiger partial charge on any atom is 0.351 e. The lowest BCUT2D eigenvalue weighted by Crippen LogP contribution is -2.22. The molecule has 1 fully saturated rings. The molecule has 1 atom stereocenters. The van der Waals surface area contributed by atoms with Crippen LogP contribution in [0.2, 0.25) is 0 Å². The third-order valence-corrected chi connectivity index (χ3v) is 4.66. The van der Waals surface area contributed by atoms with Gasteiger partial charge in [-0.1, -0.05) is 17.7 Å². The highest BCUT2D eigenvalue weighted by Gasteiger charge is 2.31. The van der Waals surface area contributed by atoms with Crippen LogP contribution in [0, 0.1) is 13.8 Å². The summed E-state index contributed by atoms with van der Waals surface area (Å²) in [6.45, 7) is 4.29. The van der Waals surface area contributed by atoms with E-state index < -0.39 is 18.0 Å². The summed E-state index contributed by atoms with van der Waals surface area (Å²) in [5.41, 5.74) is 1.72. The summed E-state index contributed by atoms with van der Waals surface area (Å²) in [6.07, 6.45) is -0.419. The Hall–Kier alpha value is -2.41. The van der Waals surface area contributed by atoms with Gasteiger partial charge in [-0.15, -0.1) is 11.3 Å². The number of aromatic nitrogens is 1. The second-order valence-corrected chi connectivity index (χ2v) is 6.56. The monoisotopic (exact) mass is 347 g/mol. The second kappa shape index (κ2) is 7.00. The number of ether oxygens (including phenoxy) is 3. The molecule has 126 valence electrons. The van der Waals surface area contributed by atoms with Gasteiger partial charge in [-0.05, 0) is 26.0 Å². The minimum atomic E-state index is -0.814. The normalized spacial score (nSPS) is 16.8. The van der Waals surface area contributed by atoms with Crippen molar-refractivity contribution < 1.29 is 23.8 Å². The van der Waals surface area contributed by atoms with Crippen LogP contribution >= 0.6 is 11.3 Å². The first kappa shape index (κ1) is 16.4. The van der Waals surface area contributed by atoms with Crippen LogP contribution in [0.15, 0.2) is 24.3 Å². The number of rotatable bonds is 5. The van der Waals surface area contributed by atoms with Gasteiger partial charge in [0.15, 0.2) is 0 Å². The summed E-state index contributed by atoms with van der Waals surface area (Å²) in [4.78, 5) is 28.3. The third kappa shape index (κ3) is 3.73. The van der Waals surface area contributed by atoms with Gasteiger partial charge in [0.2, 0.25) is 6.10 Å². The maximum absolute atomic E-state index is 12.2. The van der Waals surface area contributed by atoms with Crippen molar-refractivity contribution in [2.75, 3.05) is 6.61 Å². The minimum Gasteiger partial charge on any atom is -0.486 e. The van der Waals surface area contributed by atoms with E-state index in [1.54, 1.807) is 6.92 Å². The smallest absolute Gasteiger partial charge is 0.351 e. The van der Waals surface area contributed by atoms with Crippen LogP contribution in [0.4, 0.5) is 0 Å². The molecular formula is C17H17NO5S. The SMILES string of the molecule is Cc1ccc(OCc2nc(C)c(C(=O)O[C@@H]3CCOC3=O)s2)cc1. The Morgan fingerprint density at radius 1 is 1.33 bits per heavy atom.